The largest absolute Gasteiger partial charge is 0.491 e. The summed E-state index contributed by atoms with van der Waals surface area (Å²) in [7, 11) is 1.65. The molecule has 0 spiro atoms. The molecule has 29 heavy (non-hydrogen) atoms. The molecule has 0 aliphatic heterocycles. The van der Waals surface area contributed by atoms with E-state index in [1.165, 1.54) is 0 Å². The molecule has 1 heterocycles. The maximum Gasteiger partial charge on any atom is 0.349 e. The molecule has 2 aromatic rings. The maximum absolute atomic E-state index is 12.5. The van der Waals surface area contributed by atoms with Crippen molar-refractivity contribution < 1.29 is 18.7 Å². The zero-order chi connectivity index (χ0) is 21.0. The van der Waals surface area contributed by atoms with Gasteiger partial charge in [-0.05, 0) is 63.6 Å². The summed E-state index contributed by atoms with van der Waals surface area (Å²) < 4.78 is 10.9. The first-order chi connectivity index (χ1) is 13.9. The van der Waals surface area contributed by atoms with Crippen molar-refractivity contribution >= 4 is 22.8 Å². The van der Waals surface area contributed by atoms with Crippen LogP contribution in [-0.2, 0) is 4.79 Å². The molecule has 1 aliphatic carbocycles. The van der Waals surface area contributed by atoms with Crippen LogP contribution in [0.5, 0.6) is 5.75 Å². The smallest absolute Gasteiger partial charge is 0.349 e. The summed E-state index contributed by atoms with van der Waals surface area (Å²) in [5, 5.41) is 6.20. The summed E-state index contributed by atoms with van der Waals surface area (Å²) in [5.74, 6) is 0.632. The molecule has 2 amide bonds. The molecule has 0 unspecified atom stereocenters. The van der Waals surface area contributed by atoms with Crippen molar-refractivity contribution in [3.05, 3.63) is 40.2 Å². The molecule has 1 aliphatic rings. The Morgan fingerprint density at radius 3 is 2.55 bits per heavy atom. The Morgan fingerprint density at radius 1 is 1.17 bits per heavy atom. The Labute approximate surface area is 169 Å². The number of rotatable bonds is 6. The standard InChI is InChI=1S/C22H28N2O5/c1-13(2)28-17-9-8-16-10-18(22(27)29-19(16)11-17)21(26)24-12-14-4-6-15(7-5-14)20(25)23-3/h8-11,13-15H,4-7,12H2,1-3H3,(H,23,25)(H,24,26). The summed E-state index contributed by atoms with van der Waals surface area (Å²) in [6.07, 6.45) is 3.40. The number of benzene rings is 1. The van der Waals surface area contributed by atoms with Crippen LogP contribution in [0.4, 0.5) is 0 Å². The topological polar surface area (TPSA) is 97.6 Å². The molecule has 1 saturated carbocycles. The van der Waals surface area contributed by atoms with Gasteiger partial charge in [-0.3, -0.25) is 9.59 Å². The van der Waals surface area contributed by atoms with Crippen LogP contribution in [0.1, 0.15) is 49.9 Å². The lowest BCUT2D eigenvalue weighted by atomic mass is 9.81. The minimum atomic E-state index is -0.667. The van der Waals surface area contributed by atoms with E-state index in [4.69, 9.17) is 9.15 Å². The fraction of sp³-hybridized carbons (Fsp3) is 0.500. The van der Waals surface area contributed by atoms with Crippen molar-refractivity contribution in [1.82, 2.24) is 10.6 Å². The van der Waals surface area contributed by atoms with Crippen molar-refractivity contribution in [3.8, 4) is 5.75 Å². The molecule has 1 aromatic carbocycles. The molecule has 0 radical (unpaired) electrons. The first-order valence-corrected chi connectivity index (χ1v) is 10.1. The molecule has 2 N–H and O–H groups in total. The lowest BCUT2D eigenvalue weighted by Crippen LogP contribution is -2.36. The first kappa shape index (κ1) is 20.9. The Kier molecular flexibility index (Phi) is 6.56. The predicted molar refractivity (Wildman–Crippen MR) is 110 cm³/mol. The summed E-state index contributed by atoms with van der Waals surface area (Å²) in [5.41, 5.74) is -0.286. The summed E-state index contributed by atoms with van der Waals surface area (Å²) in [4.78, 5) is 36.5. The summed E-state index contributed by atoms with van der Waals surface area (Å²) >= 11 is 0. The Morgan fingerprint density at radius 2 is 1.90 bits per heavy atom. The van der Waals surface area contributed by atoms with Crippen LogP contribution in [0.15, 0.2) is 33.5 Å². The lowest BCUT2D eigenvalue weighted by Gasteiger charge is -2.27. The maximum atomic E-state index is 12.5. The van der Waals surface area contributed by atoms with Crippen molar-refractivity contribution in [2.24, 2.45) is 11.8 Å². The van der Waals surface area contributed by atoms with Gasteiger partial charge in [-0.2, -0.15) is 0 Å². The van der Waals surface area contributed by atoms with Gasteiger partial charge in [0.25, 0.3) is 5.91 Å². The molecular formula is C22H28N2O5. The Hall–Kier alpha value is -2.83. The Bertz CT molecular complexity index is 942. The number of fused-ring (bicyclic) bond motifs is 1. The van der Waals surface area contributed by atoms with E-state index in [-0.39, 0.29) is 23.5 Å². The molecule has 1 fully saturated rings. The van der Waals surface area contributed by atoms with E-state index in [2.05, 4.69) is 10.6 Å². The number of nitrogens with one attached hydrogen (secondary N) is 2. The molecule has 0 saturated heterocycles. The van der Waals surface area contributed by atoms with Crippen LogP contribution in [0.2, 0.25) is 0 Å². The third-order valence-corrected chi connectivity index (χ3v) is 5.34. The zero-order valence-electron chi connectivity index (χ0n) is 17.1. The molecule has 1 aromatic heterocycles. The lowest BCUT2D eigenvalue weighted by molar-refractivity contribution is -0.125. The van der Waals surface area contributed by atoms with E-state index in [0.717, 1.165) is 25.7 Å². The van der Waals surface area contributed by atoms with Crippen molar-refractivity contribution in [3.63, 3.8) is 0 Å². The minimum absolute atomic E-state index is 0.00549. The number of carbonyl (C=O) groups excluding carboxylic acids is 2. The number of carbonyl (C=O) groups is 2. The highest BCUT2D eigenvalue weighted by Gasteiger charge is 2.26. The quantitative estimate of drug-likeness (QED) is 0.727. The first-order valence-electron chi connectivity index (χ1n) is 10.1. The van der Waals surface area contributed by atoms with E-state index in [1.807, 2.05) is 13.8 Å². The second-order valence-corrected chi connectivity index (χ2v) is 7.86. The van der Waals surface area contributed by atoms with Crippen molar-refractivity contribution in [2.75, 3.05) is 13.6 Å². The van der Waals surface area contributed by atoms with Crippen LogP contribution in [0.3, 0.4) is 0 Å². The highest BCUT2D eigenvalue weighted by atomic mass is 16.5. The highest BCUT2D eigenvalue weighted by Crippen LogP contribution is 2.28. The van der Waals surface area contributed by atoms with Gasteiger partial charge in [0.15, 0.2) is 0 Å². The van der Waals surface area contributed by atoms with Crippen LogP contribution in [0.25, 0.3) is 11.0 Å². The number of amides is 2. The second kappa shape index (κ2) is 9.11. The molecule has 3 rings (SSSR count). The molecule has 0 bridgehead atoms. The van der Waals surface area contributed by atoms with E-state index >= 15 is 0 Å². The van der Waals surface area contributed by atoms with E-state index in [9.17, 15) is 14.4 Å². The third-order valence-electron chi connectivity index (χ3n) is 5.34. The average molecular weight is 400 g/mol. The molecular weight excluding hydrogens is 372 g/mol. The average Bonchev–Trinajstić information content (AvgIpc) is 2.70. The van der Waals surface area contributed by atoms with Crippen molar-refractivity contribution in [2.45, 2.75) is 45.6 Å². The molecule has 7 nitrogen and oxygen atoms in total. The van der Waals surface area contributed by atoms with E-state index < -0.39 is 11.5 Å². The van der Waals surface area contributed by atoms with Crippen LogP contribution >= 0.6 is 0 Å². The molecule has 0 atom stereocenters. The van der Waals surface area contributed by atoms with Crippen LogP contribution in [-0.4, -0.2) is 31.5 Å². The summed E-state index contributed by atoms with van der Waals surface area (Å²) in [6.45, 7) is 4.32. The normalized spacial score (nSPS) is 19.2. The monoisotopic (exact) mass is 400 g/mol. The van der Waals surface area contributed by atoms with Gasteiger partial charge in [0.2, 0.25) is 5.91 Å². The van der Waals surface area contributed by atoms with Gasteiger partial charge in [-0.15, -0.1) is 0 Å². The fourth-order valence-electron chi connectivity index (χ4n) is 3.76. The van der Waals surface area contributed by atoms with Crippen LogP contribution < -0.4 is 21.0 Å². The molecule has 7 heteroatoms. The van der Waals surface area contributed by atoms with Gasteiger partial charge in [0.1, 0.15) is 16.9 Å². The predicted octanol–water partition coefficient (Wildman–Crippen LogP) is 2.86. The van der Waals surface area contributed by atoms with E-state index in [1.54, 1.807) is 31.3 Å². The van der Waals surface area contributed by atoms with Gasteiger partial charge in [-0.1, -0.05) is 0 Å². The number of hydrogen-bond donors (Lipinski definition) is 2. The van der Waals surface area contributed by atoms with E-state index in [0.29, 0.717) is 29.2 Å². The SMILES string of the molecule is CNC(=O)C1CCC(CNC(=O)c2cc3ccc(OC(C)C)cc3oc2=O)CC1. The summed E-state index contributed by atoms with van der Waals surface area (Å²) in [6, 6.07) is 6.77. The highest BCUT2D eigenvalue weighted by molar-refractivity contribution is 5.96. The third kappa shape index (κ3) is 5.16. The van der Waals surface area contributed by atoms with Crippen LogP contribution in [0, 0.1) is 11.8 Å². The van der Waals surface area contributed by atoms with Gasteiger partial charge in [0.05, 0.1) is 6.10 Å². The van der Waals surface area contributed by atoms with Crippen molar-refractivity contribution in [1.29, 1.82) is 0 Å². The van der Waals surface area contributed by atoms with Gasteiger partial charge < -0.3 is 19.8 Å². The van der Waals surface area contributed by atoms with Gasteiger partial charge in [0, 0.05) is 31.0 Å². The molecule has 156 valence electrons. The Balaban J connectivity index is 1.63. The van der Waals surface area contributed by atoms with Gasteiger partial charge >= 0.3 is 5.63 Å². The minimum Gasteiger partial charge on any atom is -0.491 e. The van der Waals surface area contributed by atoms with Gasteiger partial charge in [-0.25, -0.2) is 4.79 Å². The zero-order valence-corrected chi connectivity index (χ0v) is 17.1. The fourth-order valence-corrected chi connectivity index (χ4v) is 3.76. The number of ether oxygens (including phenoxy) is 1. The second-order valence-electron chi connectivity index (χ2n) is 7.86. The number of hydrogen-bond acceptors (Lipinski definition) is 5.